The SMILES string of the molecule is CCNC(=O)c1cccc(CN=C(N)Nc2ccc(C)cc2)c1. The van der Waals surface area contributed by atoms with E-state index < -0.39 is 0 Å². The number of anilines is 1. The number of hydrogen-bond donors (Lipinski definition) is 3. The van der Waals surface area contributed by atoms with E-state index in [0.717, 1.165) is 11.3 Å². The summed E-state index contributed by atoms with van der Waals surface area (Å²) in [6.45, 7) is 4.94. The zero-order valence-electron chi connectivity index (χ0n) is 13.5. The zero-order valence-corrected chi connectivity index (χ0v) is 13.5. The van der Waals surface area contributed by atoms with Gasteiger partial charge in [-0.15, -0.1) is 0 Å². The molecule has 5 nitrogen and oxygen atoms in total. The lowest BCUT2D eigenvalue weighted by atomic mass is 10.1. The third kappa shape index (κ3) is 5.14. The quantitative estimate of drug-likeness (QED) is 0.587. The molecule has 4 N–H and O–H groups in total. The van der Waals surface area contributed by atoms with Crippen LogP contribution in [0.5, 0.6) is 0 Å². The minimum Gasteiger partial charge on any atom is -0.370 e. The summed E-state index contributed by atoms with van der Waals surface area (Å²) in [5.41, 5.74) is 9.54. The Balaban J connectivity index is 2.00. The Kier molecular flexibility index (Phi) is 5.74. The number of carbonyl (C=O) groups is 1. The van der Waals surface area contributed by atoms with Gasteiger partial charge in [-0.2, -0.15) is 0 Å². The molecule has 0 saturated heterocycles. The van der Waals surface area contributed by atoms with E-state index in [1.165, 1.54) is 5.56 Å². The van der Waals surface area contributed by atoms with E-state index in [0.29, 0.717) is 24.6 Å². The molecule has 0 unspecified atom stereocenters. The van der Waals surface area contributed by atoms with E-state index in [-0.39, 0.29) is 5.91 Å². The normalized spacial score (nSPS) is 11.1. The Morgan fingerprint density at radius 2 is 1.91 bits per heavy atom. The Hall–Kier alpha value is -2.82. The van der Waals surface area contributed by atoms with Crippen LogP contribution in [0.1, 0.15) is 28.4 Å². The molecular formula is C18H22N4O. The van der Waals surface area contributed by atoms with Gasteiger partial charge < -0.3 is 16.4 Å². The van der Waals surface area contributed by atoms with Gasteiger partial charge in [0.1, 0.15) is 0 Å². The number of rotatable bonds is 5. The van der Waals surface area contributed by atoms with Crippen molar-refractivity contribution in [3.05, 3.63) is 65.2 Å². The van der Waals surface area contributed by atoms with Crippen LogP contribution in [0.4, 0.5) is 5.69 Å². The summed E-state index contributed by atoms with van der Waals surface area (Å²) in [6.07, 6.45) is 0. The lowest BCUT2D eigenvalue weighted by molar-refractivity contribution is 0.0955. The van der Waals surface area contributed by atoms with Crippen LogP contribution in [-0.4, -0.2) is 18.4 Å². The van der Waals surface area contributed by atoms with E-state index in [2.05, 4.69) is 15.6 Å². The summed E-state index contributed by atoms with van der Waals surface area (Å²) in [5.74, 6) is 0.265. The van der Waals surface area contributed by atoms with Crippen molar-refractivity contribution < 1.29 is 4.79 Å². The second-order valence-corrected chi connectivity index (χ2v) is 5.25. The number of aliphatic imine (C=N–C) groups is 1. The van der Waals surface area contributed by atoms with Crippen LogP contribution in [0.15, 0.2) is 53.5 Å². The van der Waals surface area contributed by atoms with Gasteiger partial charge >= 0.3 is 0 Å². The van der Waals surface area contributed by atoms with Crippen molar-refractivity contribution in [1.82, 2.24) is 5.32 Å². The van der Waals surface area contributed by atoms with Gasteiger partial charge in [-0.3, -0.25) is 4.79 Å². The van der Waals surface area contributed by atoms with Crippen LogP contribution < -0.4 is 16.4 Å². The van der Waals surface area contributed by atoms with Crippen LogP contribution in [0.3, 0.4) is 0 Å². The van der Waals surface area contributed by atoms with Crippen molar-refractivity contribution in [2.24, 2.45) is 10.7 Å². The highest BCUT2D eigenvalue weighted by Gasteiger charge is 2.04. The number of guanidine groups is 1. The monoisotopic (exact) mass is 310 g/mol. The zero-order chi connectivity index (χ0) is 16.7. The number of nitrogens with two attached hydrogens (primary N) is 1. The maximum absolute atomic E-state index is 11.8. The number of carbonyl (C=O) groups excluding carboxylic acids is 1. The van der Waals surface area contributed by atoms with E-state index in [9.17, 15) is 4.79 Å². The molecule has 0 bridgehead atoms. The fourth-order valence-electron chi connectivity index (χ4n) is 2.07. The van der Waals surface area contributed by atoms with Gasteiger partial charge in [-0.1, -0.05) is 29.8 Å². The van der Waals surface area contributed by atoms with Crippen molar-refractivity contribution in [2.75, 3.05) is 11.9 Å². The Labute approximate surface area is 136 Å². The third-order valence-corrected chi connectivity index (χ3v) is 3.28. The lowest BCUT2D eigenvalue weighted by Crippen LogP contribution is -2.23. The molecule has 1 amide bonds. The third-order valence-electron chi connectivity index (χ3n) is 3.28. The highest BCUT2D eigenvalue weighted by atomic mass is 16.1. The molecule has 2 aromatic rings. The second-order valence-electron chi connectivity index (χ2n) is 5.25. The molecule has 0 fully saturated rings. The number of amides is 1. The largest absolute Gasteiger partial charge is 0.370 e. The predicted molar refractivity (Wildman–Crippen MR) is 94.6 cm³/mol. The highest BCUT2D eigenvalue weighted by molar-refractivity contribution is 5.94. The molecule has 0 atom stereocenters. The number of hydrogen-bond acceptors (Lipinski definition) is 2. The smallest absolute Gasteiger partial charge is 0.251 e. The Morgan fingerprint density at radius 3 is 2.61 bits per heavy atom. The predicted octanol–water partition coefficient (Wildman–Crippen LogP) is 2.67. The first-order valence-electron chi connectivity index (χ1n) is 7.59. The average Bonchev–Trinajstić information content (AvgIpc) is 2.56. The van der Waals surface area contributed by atoms with Crippen molar-refractivity contribution in [2.45, 2.75) is 20.4 Å². The molecular weight excluding hydrogens is 288 g/mol. The minimum absolute atomic E-state index is 0.0796. The van der Waals surface area contributed by atoms with Crippen molar-refractivity contribution in [3.63, 3.8) is 0 Å². The molecule has 2 aromatic carbocycles. The topological polar surface area (TPSA) is 79.5 Å². The van der Waals surface area contributed by atoms with Gasteiger partial charge in [-0.05, 0) is 43.7 Å². The van der Waals surface area contributed by atoms with Gasteiger partial charge in [0.15, 0.2) is 5.96 Å². The average molecular weight is 310 g/mol. The van der Waals surface area contributed by atoms with E-state index in [1.807, 2.05) is 56.3 Å². The summed E-state index contributed by atoms with van der Waals surface area (Å²) < 4.78 is 0. The first-order chi connectivity index (χ1) is 11.1. The number of benzene rings is 2. The number of nitrogens with zero attached hydrogens (tertiary/aromatic N) is 1. The van der Waals surface area contributed by atoms with Crippen molar-refractivity contribution in [1.29, 1.82) is 0 Å². The van der Waals surface area contributed by atoms with Crippen LogP contribution in [-0.2, 0) is 6.54 Å². The van der Waals surface area contributed by atoms with Crippen LogP contribution >= 0.6 is 0 Å². The Morgan fingerprint density at radius 1 is 1.17 bits per heavy atom. The van der Waals surface area contributed by atoms with Gasteiger partial charge in [0.05, 0.1) is 6.54 Å². The molecule has 0 aromatic heterocycles. The highest BCUT2D eigenvalue weighted by Crippen LogP contribution is 2.09. The van der Waals surface area contributed by atoms with Gasteiger partial charge in [0.25, 0.3) is 5.91 Å². The molecule has 0 saturated carbocycles. The molecule has 0 spiro atoms. The van der Waals surface area contributed by atoms with Crippen molar-refractivity contribution >= 4 is 17.6 Å². The molecule has 23 heavy (non-hydrogen) atoms. The van der Waals surface area contributed by atoms with Gasteiger partial charge in [0, 0.05) is 17.8 Å². The van der Waals surface area contributed by atoms with Gasteiger partial charge in [0.2, 0.25) is 0 Å². The molecule has 120 valence electrons. The molecule has 2 rings (SSSR count). The number of aryl methyl sites for hydroxylation is 1. The Bertz CT molecular complexity index is 692. The summed E-state index contributed by atoms with van der Waals surface area (Å²) >= 11 is 0. The van der Waals surface area contributed by atoms with Crippen LogP contribution in [0.25, 0.3) is 0 Å². The summed E-state index contributed by atoms with van der Waals surface area (Å²) in [5, 5.41) is 5.82. The molecule has 0 aliphatic carbocycles. The molecule has 0 radical (unpaired) electrons. The van der Waals surface area contributed by atoms with Gasteiger partial charge in [-0.25, -0.2) is 4.99 Å². The van der Waals surface area contributed by atoms with Crippen LogP contribution in [0, 0.1) is 6.92 Å². The second kappa shape index (κ2) is 7.98. The maximum atomic E-state index is 11.8. The summed E-state index contributed by atoms with van der Waals surface area (Å²) in [7, 11) is 0. The molecule has 5 heteroatoms. The fourth-order valence-corrected chi connectivity index (χ4v) is 2.07. The summed E-state index contributed by atoms with van der Waals surface area (Å²) in [6, 6.07) is 15.3. The standard InChI is InChI=1S/C18H22N4O/c1-3-20-17(23)15-6-4-5-14(11-15)12-21-18(19)22-16-9-7-13(2)8-10-16/h4-11H,3,12H2,1-2H3,(H,20,23)(H3,19,21,22). The molecule has 0 heterocycles. The van der Waals surface area contributed by atoms with Crippen molar-refractivity contribution in [3.8, 4) is 0 Å². The first kappa shape index (κ1) is 16.5. The number of nitrogens with one attached hydrogen (secondary N) is 2. The van der Waals surface area contributed by atoms with E-state index in [1.54, 1.807) is 6.07 Å². The van der Waals surface area contributed by atoms with Crippen LogP contribution in [0.2, 0.25) is 0 Å². The minimum atomic E-state index is -0.0796. The van der Waals surface area contributed by atoms with E-state index >= 15 is 0 Å². The molecule has 0 aliphatic rings. The first-order valence-corrected chi connectivity index (χ1v) is 7.59. The summed E-state index contributed by atoms with van der Waals surface area (Å²) in [4.78, 5) is 16.1. The molecule has 0 aliphatic heterocycles. The van der Waals surface area contributed by atoms with E-state index in [4.69, 9.17) is 5.73 Å². The fraction of sp³-hybridized carbons (Fsp3) is 0.222. The lowest BCUT2D eigenvalue weighted by Gasteiger charge is -2.07. The maximum Gasteiger partial charge on any atom is 0.251 e.